The molecule has 0 unspecified atom stereocenters. The van der Waals surface area contributed by atoms with Crippen molar-refractivity contribution < 1.29 is 9.53 Å². The molecule has 2 bridgehead atoms. The number of hydrogen-bond donors (Lipinski definition) is 1. The molecule has 1 N–H and O–H groups in total. The van der Waals surface area contributed by atoms with Crippen LogP contribution in [0.5, 0.6) is 0 Å². The van der Waals surface area contributed by atoms with E-state index in [9.17, 15) is 4.79 Å². The van der Waals surface area contributed by atoms with Crippen LogP contribution >= 0.6 is 0 Å². The summed E-state index contributed by atoms with van der Waals surface area (Å²) in [6.45, 7) is 1.38. The predicted molar refractivity (Wildman–Crippen MR) is 131 cm³/mol. The largest absolute Gasteiger partial charge is 0.373 e. The molecule has 0 aliphatic carbocycles. The Labute approximate surface area is 199 Å². The van der Waals surface area contributed by atoms with Gasteiger partial charge >= 0.3 is 0 Å². The Morgan fingerprint density at radius 3 is 2.38 bits per heavy atom. The smallest absolute Gasteiger partial charge is 0.224 e. The molecular weight excluding hydrogens is 424 g/mol. The van der Waals surface area contributed by atoms with Gasteiger partial charge in [-0.3, -0.25) is 9.48 Å². The number of carbonyl (C=O) groups excluding carboxylic acids is 1. The Hall–Kier alpha value is -3.77. The molecule has 1 aliphatic heterocycles. The zero-order valence-corrected chi connectivity index (χ0v) is 19.0. The molecule has 2 atom stereocenters. The molecule has 0 radical (unpaired) electrons. The molecule has 0 saturated heterocycles. The number of nitrogens with zero attached hydrogens (tertiary/aromatic N) is 3. The molecule has 0 fully saturated rings. The van der Waals surface area contributed by atoms with Crippen LogP contribution < -0.4 is 5.32 Å². The standard InChI is InChI=1S/C28H28N4O2/c33-28-25(17-21-11-13-23(14-12-21)22-7-3-1-4-8-22)15-16-32-18-26(30-31-32)19-34-20-27(29-28)24-9-5-2-6-10-24/h1-14,18,25,27H,15-17,19-20H2,(H,29,33)/t25-,27+/m1/s1. The van der Waals surface area contributed by atoms with Gasteiger partial charge in [-0.2, -0.15) is 0 Å². The van der Waals surface area contributed by atoms with Crippen LogP contribution in [-0.2, 0) is 29.1 Å². The SMILES string of the molecule is O=C1N[C@H](c2ccccc2)COCc2cn(nn2)CC[C@@H]1Cc1ccc(-c2ccccc2)cc1. The third kappa shape index (κ3) is 5.41. The van der Waals surface area contributed by atoms with Crippen LogP contribution in [0.25, 0.3) is 11.1 Å². The number of fused-ring (bicyclic) bond motifs is 2. The fraction of sp³-hybridized carbons (Fsp3) is 0.250. The average Bonchev–Trinajstić information content (AvgIpc) is 3.34. The van der Waals surface area contributed by atoms with Crippen molar-refractivity contribution in [2.45, 2.75) is 32.0 Å². The van der Waals surface area contributed by atoms with Crippen molar-refractivity contribution in [2.75, 3.05) is 6.61 Å². The molecule has 2 heterocycles. The third-order valence-electron chi connectivity index (χ3n) is 6.26. The van der Waals surface area contributed by atoms with Crippen LogP contribution in [0.3, 0.4) is 0 Å². The number of rotatable bonds is 4. The van der Waals surface area contributed by atoms with E-state index >= 15 is 0 Å². The third-order valence-corrected chi connectivity index (χ3v) is 6.26. The first-order chi connectivity index (χ1) is 16.7. The molecule has 4 aromatic rings. The Bertz CT molecular complexity index is 1210. The maximum atomic E-state index is 13.5. The molecule has 1 aliphatic rings. The highest BCUT2D eigenvalue weighted by Crippen LogP contribution is 2.23. The predicted octanol–water partition coefficient (Wildman–Crippen LogP) is 4.58. The summed E-state index contributed by atoms with van der Waals surface area (Å²) in [6.07, 6.45) is 3.24. The molecule has 6 heteroatoms. The van der Waals surface area contributed by atoms with Crippen LogP contribution in [0.4, 0.5) is 0 Å². The van der Waals surface area contributed by atoms with E-state index in [1.54, 1.807) is 4.68 Å². The minimum atomic E-state index is -0.217. The highest BCUT2D eigenvalue weighted by atomic mass is 16.5. The fourth-order valence-corrected chi connectivity index (χ4v) is 4.35. The molecule has 6 nitrogen and oxygen atoms in total. The van der Waals surface area contributed by atoms with Crippen LogP contribution in [0, 0.1) is 5.92 Å². The van der Waals surface area contributed by atoms with Gasteiger partial charge in [-0.05, 0) is 35.1 Å². The summed E-state index contributed by atoms with van der Waals surface area (Å²) in [7, 11) is 0. The normalized spacial score (nSPS) is 19.0. The van der Waals surface area contributed by atoms with E-state index in [4.69, 9.17) is 4.74 Å². The van der Waals surface area contributed by atoms with Crippen molar-refractivity contribution in [2.24, 2.45) is 5.92 Å². The first-order valence-electron chi connectivity index (χ1n) is 11.7. The number of amides is 1. The van der Waals surface area contributed by atoms with Gasteiger partial charge in [0.2, 0.25) is 5.91 Å². The first-order valence-corrected chi connectivity index (χ1v) is 11.7. The maximum Gasteiger partial charge on any atom is 0.224 e. The van der Waals surface area contributed by atoms with E-state index in [1.165, 1.54) is 11.1 Å². The van der Waals surface area contributed by atoms with E-state index in [-0.39, 0.29) is 17.9 Å². The van der Waals surface area contributed by atoms with Gasteiger partial charge in [0, 0.05) is 12.5 Å². The molecule has 1 aromatic heterocycles. The summed E-state index contributed by atoms with van der Waals surface area (Å²) in [5, 5.41) is 11.7. The van der Waals surface area contributed by atoms with Crippen molar-refractivity contribution >= 4 is 5.91 Å². The van der Waals surface area contributed by atoms with Crippen molar-refractivity contribution in [1.82, 2.24) is 20.3 Å². The molecule has 0 spiro atoms. The van der Waals surface area contributed by atoms with E-state index in [0.717, 1.165) is 16.8 Å². The van der Waals surface area contributed by atoms with Gasteiger partial charge in [0.1, 0.15) is 5.69 Å². The second kappa shape index (κ2) is 10.4. The zero-order valence-electron chi connectivity index (χ0n) is 19.0. The van der Waals surface area contributed by atoms with Crippen LogP contribution in [-0.4, -0.2) is 27.5 Å². The van der Waals surface area contributed by atoms with Crippen LogP contribution in [0.15, 0.2) is 91.1 Å². The van der Waals surface area contributed by atoms with Gasteiger partial charge in [-0.15, -0.1) is 5.10 Å². The summed E-state index contributed by atoms with van der Waals surface area (Å²) in [4.78, 5) is 13.5. The van der Waals surface area contributed by atoms with Crippen molar-refractivity contribution in [1.29, 1.82) is 0 Å². The van der Waals surface area contributed by atoms with Crippen LogP contribution in [0.1, 0.15) is 29.3 Å². The van der Waals surface area contributed by atoms with E-state index in [0.29, 0.717) is 32.6 Å². The topological polar surface area (TPSA) is 69.0 Å². The summed E-state index contributed by atoms with van der Waals surface area (Å²) >= 11 is 0. The fourth-order valence-electron chi connectivity index (χ4n) is 4.35. The van der Waals surface area contributed by atoms with E-state index in [2.05, 4.69) is 52.0 Å². The van der Waals surface area contributed by atoms with Crippen molar-refractivity contribution in [3.8, 4) is 11.1 Å². The first kappa shape index (κ1) is 22.0. The van der Waals surface area contributed by atoms with Gasteiger partial charge < -0.3 is 10.1 Å². The molecule has 5 rings (SSSR count). The van der Waals surface area contributed by atoms with Gasteiger partial charge in [0.15, 0.2) is 0 Å². The van der Waals surface area contributed by atoms with Crippen molar-refractivity contribution in [3.63, 3.8) is 0 Å². The Kier molecular flexibility index (Phi) is 6.77. The highest BCUT2D eigenvalue weighted by molar-refractivity contribution is 5.79. The minimum Gasteiger partial charge on any atom is -0.373 e. The number of nitrogens with one attached hydrogen (secondary N) is 1. The lowest BCUT2D eigenvalue weighted by atomic mass is 9.93. The number of hydrogen-bond acceptors (Lipinski definition) is 4. The zero-order chi connectivity index (χ0) is 23.2. The minimum absolute atomic E-state index is 0.0329. The summed E-state index contributed by atoms with van der Waals surface area (Å²) in [6, 6.07) is 28.6. The Morgan fingerprint density at radius 1 is 0.912 bits per heavy atom. The summed E-state index contributed by atoms with van der Waals surface area (Å²) in [5.74, 6) is -0.161. The van der Waals surface area contributed by atoms with E-state index in [1.807, 2.05) is 54.7 Å². The monoisotopic (exact) mass is 452 g/mol. The number of aromatic nitrogens is 3. The molecule has 172 valence electrons. The lowest BCUT2D eigenvalue weighted by Gasteiger charge is -2.24. The molecule has 3 aromatic carbocycles. The molecule has 34 heavy (non-hydrogen) atoms. The Morgan fingerprint density at radius 2 is 1.62 bits per heavy atom. The van der Waals surface area contributed by atoms with Crippen molar-refractivity contribution in [3.05, 3.63) is 108 Å². The summed E-state index contributed by atoms with van der Waals surface area (Å²) < 4.78 is 7.70. The van der Waals surface area contributed by atoms with E-state index < -0.39 is 0 Å². The molecular formula is C28H28N4O2. The second-order valence-corrected chi connectivity index (χ2v) is 8.71. The second-order valence-electron chi connectivity index (χ2n) is 8.71. The maximum absolute atomic E-state index is 13.5. The van der Waals surface area contributed by atoms with Gasteiger partial charge in [-0.1, -0.05) is 90.1 Å². The lowest BCUT2D eigenvalue weighted by Crippen LogP contribution is -2.37. The Balaban J connectivity index is 1.37. The number of aryl methyl sites for hydroxylation is 1. The van der Waals surface area contributed by atoms with Crippen LogP contribution in [0.2, 0.25) is 0 Å². The molecule has 0 saturated carbocycles. The highest BCUT2D eigenvalue weighted by Gasteiger charge is 2.24. The van der Waals surface area contributed by atoms with Gasteiger partial charge in [0.25, 0.3) is 0 Å². The number of benzene rings is 3. The number of carbonyl (C=O) groups is 1. The molecule has 1 amide bonds. The quantitative estimate of drug-likeness (QED) is 0.492. The average molecular weight is 453 g/mol. The lowest BCUT2D eigenvalue weighted by molar-refractivity contribution is -0.126. The van der Waals surface area contributed by atoms with Gasteiger partial charge in [0.05, 0.1) is 25.5 Å². The number of ether oxygens (including phenoxy) is 1. The van der Waals surface area contributed by atoms with Gasteiger partial charge in [-0.25, -0.2) is 0 Å². The summed E-state index contributed by atoms with van der Waals surface area (Å²) in [5.41, 5.74) is 5.32.